The molecule has 0 aliphatic carbocycles. The minimum Gasteiger partial charge on any atom is -0.345 e. The molecule has 0 fully saturated rings. The van der Waals surface area contributed by atoms with Gasteiger partial charge in [0.25, 0.3) is 5.91 Å². The molecule has 10 nitrogen and oxygen atoms in total. The number of pyridine rings is 1. The number of rotatable bonds is 10. The molecule has 1 atom stereocenters. The summed E-state index contributed by atoms with van der Waals surface area (Å²) in [5.74, 6) is -0.514. The van der Waals surface area contributed by atoms with Crippen molar-refractivity contribution in [3.8, 4) is 0 Å². The maximum absolute atomic E-state index is 14.3. The first-order valence-corrected chi connectivity index (χ1v) is 9.62. The van der Waals surface area contributed by atoms with Gasteiger partial charge in [-0.15, -0.1) is 10.2 Å². The molecule has 3 heterocycles. The number of aryl methyl sites for hydroxylation is 2. The maximum Gasteiger partial charge on any atom is 0.273 e. The van der Waals surface area contributed by atoms with E-state index in [-0.39, 0.29) is 43.2 Å². The highest BCUT2D eigenvalue weighted by atomic mass is 19.1. The van der Waals surface area contributed by atoms with Crippen LogP contribution in [-0.2, 0) is 19.6 Å². The van der Waals surface area contributed by atoms with Gasteiger partial charge in [0, 0.05) is 25.6 Å². The van der Waals surface area contributed by atoms with Crippen molar-refractivity contribution < 1.29 is 14.0 Å². The van der Waals surface area contributed by atoms with Crippen LogP contribution in [0.3, 0.4) is 0 Å². The molecule has 0 aliphatic rings. The monoisotopic (exact) mass is 414 g/mol. The molecule has 0 bridgehead atoms. The van der Waals surface area contributed by atoms with Crippen LogP contribution < -0.4 is 5.32 Å². The molecule has 1 unspecified atom stereocenters. The summed E-state index contributed by atoms with van der Waals surface area (Å²) in [5, 5.41) is 17.9. The van der Waals surface area contributed by atoms with Crippen LogP contribution in [0.1, 0.15) is 52.0 Å². The summed E-state index contributed by atoms with van der Waals surface area (Å²) >= 11 is 0. The molecule has 0 aliphatic heterocycles. The molecule has 1 amide bonds. The summed E-state index contributed by atoms with van der Waals surface area (Å²) in [4.78, 5) is 27.9. The first-order valence-electron chi connectivity index (χ1n) is 9.62. The Morgan fingerprint density at radius 1 is 1.17 bits per heavy atom. The van der Waals surface area contributed by atoms with E-state index < -0.39 is 12.1 Å². The normalized spacial score (nSPS) is 12.0. The second-order valence-corrected chi connectivity index (χ2v) is 6.86. The Hall–Kier alpha value is -3.50. The van der Waals surface area contributed by atoms with E-state index >= 15 is 0 Å². The van der Waals surface area contributed by atoms with Crippen LogP contribution in [0.25, 0.3) is 0 Å². The second-order valence-electron chi connectivity index (χ2n) is 6.86. The van der Waals surface area contributed by atoms with E-state index in [1.54, 1.807) is 13.1 Å². The molecule has 1 N–H and O–H groups in total. The number of carbonyl (C=O) groups is 2. The highest BCUT2D eigenvalue weighted by Crippen LogP contribution is 2.06. The van der Waals surface area contributed by atoms with Crippen LogP contribution in [-0.4, -0.2) is 52.8 Å². The minimum atomic E-state index is -1.23. The molecule has 3 aromatic heterocycles. The van der Waals surface area contributed by atoms with Gasteiger partial charge < -0.3 is 5.32 Å². The van der Waals surface area contributed by atoms with Crippen molar-refractivity contribution in [3.63, 3.8) is 0 Å². The third-order valence-corrected chi connectivity index (χ3v) is 4.38. The topological polar surface area (TPSA) is 120 Å². The van der Waals surface area contributed by atoms with Crippen LogP contribution in [0.15, 0.2) is 30.7 Å². The number of nitrogens with zero attached hydrogens (tertiary/aromatic N) is 7. The van der Waals surface area contributed by atoms with E-state index in [1.807, 2.05) is 19.1 Å². The van der Waals surface area contributed by atoms with Gasteiger partial charge in [0.15, 0.2) is 11.5 Å². The summed E-state index contributed by atoms with van der Waals surface area (Å²) in [5.41, 5.74) is 2.17. The summed E-state index contributed by atoms with van der Waals surface area (Å²) in [6.07, 6.45) is 3.86. The number of Topliss-reactive ketones (excluding diaryl/α,β-unsaturated/α-hetero) is 1. The number of ketones is 1. The van der Waals surface area contributed by atoms with Gasteiger partial charge in [0.05, 0.1) is 31.2 Å². The molecule has 0 saturated carbocycles. The van der Waals surface area contributed by atoms with Crippen LogP contribution in [0.5, 0.6) is 0 Å². The summed E-state index contributed by atoms with van der Waals surface area (Å²) in [6, 6.07) is 3.75. The van der Waals surface area contributed by atoms with Crippen molar-refractivity contribution in [3.05, 3.63) is 53.4 Å². The molecule has 0 saturated heterocycles. The number of hydrogen-bond donors (Lipinski definition) is 1. The zero-order valence-electron chi connectivity index (χ0n) is 16.8. The Labute approximate surface area is 172 Å². The van der Waals surface area contributed by atoms with Gasteiger partial charge in [-0.3, -0.25) is 19.3 Å². The first kappa shape index (κ1) is 21.2. The number of amides is 1. The molecule has 158 valence electrons. The Kier molecular flexibility index (Phi) is 6.94. The van der Waals surface area contributed by atoms with Crippen molar-refractivity contribution in [2.45, 2.75) is 52.5 Å². The van der Waals surface area contributed by atoms with Crippen molar-refractivity contribution in [2.24, 2.45) is 0 Å². The fourth-order valence-corrected chi connectivity index (χ4v) is 2.73. The predicted molar refractivity (Wildman–Crippen MR) is 104 cm³/mol. The number of nitrogens with one attached hydrogen (secondary N) is 1. The number of halogens is 1. The van der Waals surface area contributed by atoms with Crippen molar-refractivity contribution >= 4 is 11.7 Å². The molecule has 0 aromatic carbocycles. The van der Waals surface area contributed by atoms with Crippen molar-refractivity contribution in [2.75, 3.05) is 0 Å². The third kappa shape index (κ3) is 5.75. The Morgan fingerprint density at radius 2 is 1.90 bits per heavy atom. The zero-order chi connectivity index (χ0) is 21.5. The van der Waals surface area contributed by atoms with Gasteiger partial charge in [0.2, 0.25) is 0 Å². The van der Waals surface area contributed by atoms with Gasteiger partial charge >= 0.3 is 0 Å². The number of alkyl halides is 1. The largest absolute Gasteiger partial charge is 0.345 e. The highest BCUT2D eigenvalue weighted by molar-refractivity contribution is 5.93. The second kappa shape index (κ2) is 9.81. The molecule has 11 heteroatoms. The fourth-order valence-electron chi connectivity index (χ4n) is 2.73. The van der Waals surface area contributed by atoms with E-state index in [9.17, 15) is 14.0 Å². The smallest absolute Gasteiger partial charge is 0.273 e. The highest BCUT2D eigenvalue weighted by Gasteiger charge is 2.15. The SMILES string of the molecule is CCC(=O)c1cn(CCC(F)Cn2cc(C(=O)NCc3cc(C)ccn3)nn2)nn1. The average Bonchev–Trinajstić information content (AvgIpc) is 3.40. The minimum absolute atomic E-state index is 0.0465. The van der Waals surface area contributed by atoms with Crippen molar-refractivity contribution in [1.29, 1.82) is 0 Å². The van der Waals surface area contributed by atoms with E-state index in [4.69, 9.17) is 0 Å². The van der Waals surface area contributed by atoms with E-state index in [1.165, 1.54) is 21.8 Å². The molecular weight excluding hydrogens is 391 g/mol. The van der Waals surface area contributed by atoms with Gasteiger partial charge in [-0.25, -0.2) is 9.07 Å². The lowest BCUT2D eigenvalue weighted by Crippen LogP contribution is -2.23. The van der Waals surface area contributed by atoms with Crippen LogP contribution in [0.4, 0.5) is 4.39 Å². The molecule has 3 aromatic rings. The molecule has 3 rings (SSSR count). The number of carbonyl (C=O) groups excluding carboxylic acids is 2. The van der Waals surface area contributed by atoms with E-state index in [0.29, 0.717) is 6.42 Å². The number of hydrogen-bond acceptors (Lipinski definition) is 7. The van der Waals surface area contributed by atoms with E-state index in [0.717, 1.165) is 11.3 Å². The lowest BCUT2D eigenvalue weighted by atomic mass is 10.2. The Balaban J connectivity index is 1.46. The molecular formula is C19H23FN8O2. The standard InChI is InChI=1S/C19H23FN8O2/c1-3-18(29)16-11-27(25-23-16)7-5-14(20)10-28-12-17(24-26-28)19(30)22-9-15-8-13(2)4-6-21-15/h4,6,8,11-12,14H,3,5,7,9-10H2,1-2H3,(H,22,30). The first-order chi connectivity index (χ1) is 14.4. The lowest BCUT2D eigenvalue weighted by Gasteiger charge is -2.07. The summed E-state index contributed by atoms with van der Waals surface area (Å²) in [7, 11) is 0. The van der Waals surface area contributed by atoms with Gasteiger partial charge in [-0.2, -0.15) is 0 Å². The Morgan fingerprint density at radius 3 is 2.67 bits per heavy atom. The van der Waals surface area contributed by atoms with Crippen LogP contribution in [0, 0.1) is 6.92 Å². The average molecular weight is 414 g/mol. The van der Waals surface area contributed by atoms with Crippen LogP contribution in [0.2, 0.25) is 0 Å². The quantitative estimate of drug-likeness (QED) is 0.499. The molecule has 0 radical (unpaired) electrons. The van der Waals surface area contributed by atoms with E-state index in [2.05, 4.69) is 30.9 Å². The van der Waals surface area contributed by atoms with Gasteiger partial charge in [-0.1, -0.05) is 17.4 Å². The lowest BCUT2D eigenvalue weighted by molar-refractivity contribution is 0.0943. The van der Waals surface area contributed by atoms with Gasteiger partial charge in [-0.05, 0) is 24.6 Å². The third-order valence-electron chi connectivity index (χ3n) is 4.38. The summed E-state index contributed by atoms with van der Waals surface area (Å²) in [6.45, 7) is 4.18. The predicted octanol–water partition coefficient (Wildman–Crippen LogP) is 1.52. The maximum atomic E-state index is 14.3. The zero-order valence-corrected chi connectivity index (χ0v) is 16.8. The molecule has 30 heavy (non-hydrogen) atoms. The number of aromatic nitrogens is 7. The molecule has 0 spiro atoms. The Bertz CT molecular complexity index is 1020. The fraction of sp³-hybridized carbons (Fsp3) is 0.421. The summed E-state index contributed by atoms with van der Waals surface area (Å²) < 4.78 is 17.0. The van der Waals surface area contributed by atoms with Crippen molar-refractivity contribution in [1.82, 2.24) is 40.3 Å². The van der Waals surface area contributed by atoms with Crippen LogP contribution >= 0.6 is 0 Å². The van der Waals surface area contributed by atoms with Gasteiger partial charge in [0.1, 0.15) is 11.9 Å².